The summed E-state index contributed by atoms with van der Waals surface area (Å²) < 4.78 is 6.15. The van der Waals surface area contributed by atoms with Gasteiger partial charge in [0.15, 0.2) is 0 Å². The van der Waals surface area contributed by atoms with Crippen LogP contribution in [0.4, 0.5) is 0 Å². The molecular formula is C46H39IrN3O-2. The first kappa shape index (κ1) is 35.6. The van der Waals surface area contributed by atoms with Gasteiger partial charge in [-0.3, -0.25) is 0 Å². The molecule has 255 valence electrons. The minimum absolute atomic E-state index is 0. The van der Waals surface area contributed by atoms with E-state index in [0.717, 1.165) is 57.4 Å². The summed E-state index contributed by atoms with van der Waals surface area (Å²) in [7, 11) is 0. The molecule has 0 bridgehead atoms. The molecule has 0 N–H and O–H groups in total. The monoisotopic (exact) mass is 842 g/mol. The van der Waals surface area contributed by atoms with Gasteiger partial charge in [0.1, 0.15) is 0 Å². The van der Waals surface area contributed by atoms with E-state index in [2.05, 4.69) is 135 Å². The van der Waals surface area contributed by atoms with Crippen molar-refractivity contribution in [2.24, 2.45) is 0 Å². The van der Waals surface area contributed by atoms with Crippen molar-refractivity contribution in [3.63, 3.8) is 0 Å². The Balaban J connectivity index is 0.000000175. The molecule has 4 aromatic carbocycles. The summed E-state index contributed by atoms with van der Waals surface area (Å²) >= 11 is 0. The number of hydrogen-bond acceptors (Lipinski definition) is 4. The Hall–Kier alpha value is -5.22. The number of aryl methyl sites for hydroxylation is 3. The molecule has 0 spiro atoms. The van der Waals surface area contributed by atoms with Gasteiger partial charge in [-0.2, -0.15) is 0 Å². The number of hydrogen-bond donors (Lipinski definition) is 0. The number of nitrogens with zero attached hydrogens (tertiary/aromatic N) is 3. The van der Waals surface area contributed by atoms with E-state index in [0.29, 0.717) is 5.71 Å². The summed E-state index contributed by atoms with van der Waals surface area (Å²) in [6.45, 7) is 8.73. The first-order valence-electron chi connectivity index (χ1n) is 17.1. The smallest absolute Gasteiger partial charge is 0.216 e. The summed E-state index contributed by atoms with van der Waals surface area (Å²) in [5.41, 5.74) is 12.6. The van der Waals surface area contributed by atoms with Crippen LogP contribution >= 0.6 is 0 Å². The van der Waals surface area contributed by atoms with Gasteiger partial charge in [-0.25, -0.2) is 4.98 Å². The van der Waals surface area contributed by atoms with Crippen LogP contribution in [0.5, 0.6) is 0 Å². The van der Waals surface area contributed by atoms with Crippen LogP contribution in [0.25, 0.3) is 55.7 Å². The molecule has 0 amide bonds. The van der Waals surface area contributed by atoms with Crippen molar-refractivity contribution in [1.82, 2.24) is 15.0 Å². The number of fused-ring (bicyclic) bond motifs is 3. The predicted octanol–water partition coefficient (Wildman–Crippen LogP) is 11.4. The average molecular weight is 842 g/mol. The maximum atomic E-state index is 6.15. The molecule has 0 atom stereocenters. The van der Waals surface area contributed by atoms with E-state index in [-0.39, 0.29) is 25.5 Å². The fraction of sp³-hybridized carbons (Fsp3) is 0.152. The molecule has 8 rings (SSSR count). The second-order valence-electron chi connectivity index (χ2n) is 13.5. The van der Waals surface area contributed by atoms with E-state index in [1.807, 2.05) is 48.7 Å². The minimum atomic E-state index is 0. The molecule has 1 radical (unpaired) electrons. The van der Waals surface area contributed by atoms with Gasteiger partial charge in [0.05, 0.1) is 5.58 Å². The topological polar surface area (TPSA) is 51.8 Å². The standard InChI is InChI=1S/C24H17N2O.C22H22N.Ir/c1-2-7-17(8-3-1)12-13-18-14-15-20-19-9-6-10-21(22-11-4-5-16-25-22)23(19)27-24(20)26-18;1-16-10-11-18(14-20(16)17-8-6-5-7-9-17)21-13-12-19(15-23-21)22(2,3)4;/h1-9,11,14-16H,12-13H2;5-10,12-15H,1-4H3;/q2*-1;. The zero-order chi connectivity index (χ0) is 34.5. The van der Waals surface area contributed by atoms with E-state index in [1.165, 1.54) is 27.8 Å². The fourth-order valence-electron chi connectivity index (χ4n) is 6.05. The molecule has 0 aliphatic carbocycles. The van der Waals surface area contributed by atoms with Crippen molar-refractivity contribution in [3.05, 3.63) is 174 Å². The number of rotatable bonds is 6. The maximum absolute atomic E-state index is 6.15. The number of furan rings is 1. The second-order valence-corrected chi connectivity index (χ2v) is 13.5. The summed E-state index contributed by atoms with van der Waals surface area (Å²) in [6, 6.07) is 50.1. The summed E-state index contributed by atoms with van der Waals surface area (Å²) in [4.78, 5) is 13.8. The summed E-state index contributed by atoms with van der Waals surface area (Å²) in [5.74, 6) is 0. The number of pyridine rings is 3. The first-order valence-corrected chi connectivity index (χ1v) is 17.1. The molecule has 51 heavy (non-hydrogen) atoms. The fourth-order valence-corrected chi connectivity index (χ4v) is 6.05. The van der Waals surface area contributed by atoms with Crippen LogP contribution in [0.2, 0.25) is 0 Å². The Labute approximate surface area is 314 Å². The van der Waals surface area contributed by atoms with E-state index < -0.39 is 0 Å². The molecule has 0 aliphatic rings. The third kappa shape index (κ3) is 8.23. The Bertz CT molecular complexity index is 2350. The Kier molecular flexibility index (Phi) is 11.0. The Morgan fingerprint density at radius 3 is 2.18 bits per heavy atom. The van der Waals surface area contributed by atoms with Gasteiger partial charge in [-0.15, -0.1) is 47.5 Å². The zero-order valence-corrected chi connectivity index (χ0v) is 31.7. The molecular weight excluding hydrogens is 803 g/mol. The van der Waals surface area contributed by atoms with Crippen LogP contribution in [0.1, 0.15) is 43.2 Å². The Morgan fingerprint density at radius 2 is 1.47 bits per heavy atom. The van der Waals surface area contributed by atoms with Gasteiger partial charge >= 0.3 is 0 Å². The molecule has 0 fully saturated rings. The molecule has 5 heteroatoms. The molecule has 4 heterocycles. The summed E-state index contributed by atoms with van der Waals surface area (Å²) in [5, 5.41) is 2.08. The maximum Gasteiger partial charge on any atom is 0.216 e. The van der Waals surface area contributed by atoms with E-state index in [4.69, 9.17) is 9.40 Å². The van der Waals surface area contributed by atoms with Crippen LogP contribution in [0, 0.1) is 19.1 Å². The van der Waals surface area contributed by atoms with Crippen LogP contribution in [0.3, 0.4) is 0 Å². The van der Waals surface area contributed by atoms with Crippen LogP contribution < -0.4 is 0 Å². The van der Waals surface area contributed by atoms with Crippen LogP contribution in [0.15, 0.2) is 144 Å². The average Bonchev–Trinajstić information content (AvgIpc) is 3.53. The number of benzene rings is 4. The third-order valence-corrected chi connectivity index (χ3v) is 8.94. The van der Waals surface area contributed by atoms with Gasteiger partial charge in [0.25, 0.3) is 0 Å². The zero-order valence-electron chi connectivity index (χ0n) is 29.3. The molecule has 8 aromatic rings. The van der Waals surface area contributed by atoms with Gasteiger partial charge in [0.2, 0.25) is 5.71 Å². The van der Waals surface area contributed by atoms with E-state index in [9.17, 15) is 0 Å². The largest absolute Gasteiger partial charge is 0.486 e. The van der Waals surface area contributed by atoms with Crippen LogP contribution in [-0.4, -0.2) is 15.0 Å². The predicted molar refractivity (Wildman–Crippen MR) is 205 cm³/mol. The van der Waals surface area contributed by atoms with Crippen LogP contribution in [-0.2, 0) is 38.4 Å². The van der Waals surface area contributed by atoms with Crippen molar-refractivity contribution in [2.45, 2.75) is 46.0 Å². The summed E-state index contributed by atoms with van der Waals surface area (Å²) in [6.07, 6.45) is 5.61. The Morgan fingerprint density at radius 1 is 0.706 bits per heavy atom. The van der Waals surface area contributed by atoms with Crippen molar-refractivity contribution >= 4 is 22.1 Å². The third-order valence-electron chi connectivity index (χ3n) is 8.94. The minimum Gasteiger partial charge on any atom is -0.486 e. The molecule has 4 nitrogen and oxygen atoms in total. The second kappa shape index (κ2) is 15.8. The molecule has 0 saturated carbocycles. The molecule has 0 unspecified atom stereocenters. The molecule has 0 aliphatic heterocycles. The van der Waals surface area contributed by atoms with Gasteiger partial charge in [-0.05, 0) is 64.5 Å². The molecule has 0 saturated heterocycles. The van der Waals surface area contributed by atoms with Gasteiger partial charge < -0.3 is 14.4 Å². The quantitative estimate of drug-likeness (QED) is 0.157. The van der Waals surface area contributed by atoms with E-state index in [1.54, 1.807) is 6.20 Å². The van der Waals surface area contributed by atoms with Gasteiger partial charge in [0, 0.05) is 43.6 Å². The van der Waals surface area contributed by atoms with Crippen molar-refractivity contribution in [3.8, 4) is 33.6 Å². The van der Waals surface area contributed by atoms with Crippen molar-refractivity contribution in [1.29, 1.82) is 0 Å². The van der Waals surface area contributed by atoms with Crippen molar-refractivity contribution in [2.75, 3.05) is 0 Å². The number of aromatic nitrogens is 3. The van der Waals surface area contributed by atoms with Crippen molar-refractivity contribution < 1.29 is 24.5 Å². The normalized spacial score (nSPS) is 11.1. The molecule has 4 aromatic heterocycles. The van der Waals surface area contributed by atoms with E-state index >= 15 is 0 Å². The first-order chi connectivity index (χ1) is 24.3. The van der Waals surface area contributed by atoms with Gasteiger partial charge in [-0.1, -0.05) is 129 Å². The SMILES string of the molecule is Cc1c[c-]c(-c2ccc(C(C)(C)C)cn2)cc1-c1ccccc1.[Ir].[c-]1ccc2c(oc3nc(CCc4ccccc4)ccc32)c1-c1ccccn1.